The number of hydrogen-bond donors (Lipinski definition) is 0. The molecular formula is C54H35N3S. The van der Waals surface area contributed by atoms with Crippen LogP contribution in [-0.4, -0.2) is 15.0 Å². The Kier molecular flexibility index (Phi) is 7.14. The van der Waals surface area contributed by atoms with Gasteiger partial charge in [-0.25, -0.2) is 15.0 Å². The number of benzene rings is 9. The van der Waals surface area contributed by atoms with Crippen LogP contribution < -0.4 is 0 Å². The van der Waals surface area contributed by atoms with Gasteiger partial charge in [0.15, 0.2) is 17.5 Å². The highest BCUT2D eigenvalue weighted by atomic mass is 32.1. The van der Waals surface area contributed by atoms with Gasteiger partial charge in [-0.2, -0.15) is 0 Å². The van der Waals surface area contributed by atoms with Gasteiger partial charge in [0.1, 0.15) is 0 Å². The Morgan fingerprint density at radius 3 is 1.66 bits per heavy atom. The average Bonchev–Trinajstić information content (AvgIpc) is 3.78. The van der Waals surface area contributed by atoms with Crippen LogP contribution in [0, 0.1) is 0 Å². The van der Waals surface area contributed by atoms with Gasteiger partial charge in [-0.1, -0.05) is 166 Å². The predicted octanol–water partition coefficient (Wildman–Crippen LogP) is 14.7. The molecule has 0 saturated carbocycles. The summed E-state index contributed by atoms with van der Waals surface area (Å²) in [5, 5.41) is 10.1. The fraction of sp³-hybridized carbons (Fsp3) is 0.0556. The lowest BCUT2D eigenvalue weighted by Gasteiger charge is -2.24. The molecule has 0 radical (unpaired) electrons. The van der Waals surface area contributed by atoms with E-state index in [4.69, 9.17) is 15.0 Å². The van der Waals surface area contributed by atoms with E-state index in [2.05, 4.69) is 172 Å². The Bertz CT molecular complexity index is 3450. The van der Waals surface area contributed by atoms with Crippen molar-refractivity contribution >= 4 is 63.8 Å². The standard InChI is InChI=1S/C54H35N3S/c1-54(2)46-24-11-10-20-40(46)41-21-12-23-43(50(41)54)53-56-51(32-14-4-3-5-15-32)55-52(57-53)42-22-13-25-48-49(42)45-31-34(27-29-47(45)58-48)33-26-28-39-37-18-7-6-16-35(37)36-17-8-9-19-38(36)44(39)30-33/h3-31H,1-2H3. The lowest BCUT2D eigenvalue weighted by Crippen LogP contribution is -2.17. The molecule has 12 rings (SSSR count). The minimum Gasteiger partial charge on any atom is -0.208 e. The fourth-order valence-electron chi connectivity index (χ4n) is 9.65. The molecule has 0 fully saturated rings. The third-order valence-electron chi connectivity index (χ3n) is 12.3. The van der Waals surface area contributed by atoms with Crippen molar-refractivity contribution in [2.24, 2.45) is 0 Å². The normalized spacial score (nSPS) is 13.1. The van der Waals surface area contributed by atoms with E-state index in [1.54, 1.807) is 0 Å². The van der Waals surface area contributed by atoms with Crippen LogP contribution in [0.25, 0.3) is 109 Å². The Hall–Kier alpha value is -7.01. The van der Waals surface area contributed by atoms with Gasteiger partial charge in [-0.15, -0.1) is 11.3 Å². The molecular weight excluding hydrogens is 723 g/mol. The SMILES string of the molecule is CC1(C)c2ccccc2-c2cccc(-c3nc(-c4ccccc4)nc(-c4cccc5sc6ccc(-c7ccc8c9ccccc9c9ccccc9c8c7)cc6c45)n3)c21. The van der Waals surface area contributed by atoms with Gasteiger partial charge >= 0.3 is 0 Å². The van der Waals surface area contributed by atoms with Crippen LogP contribution in [-0.2, 0) is 5.41 Å². The maximum absolute atomic E-state index is 5.39. The number of hydrogen-bond acceptors (Lipinski definition) is 4. The zero-order chi connectivity index (χ0) is 38.5. The third kappa shape index (κ3) is 4.88. The number of nitrogens with zero attached hydrogens (tertiary/aromatic N) is 3. The zero-order valence-corrected chi connectivity index (χ0v) is 32.8. The van der Waals surface area contributed by atoms with Crippen molar-refractivity contribution in [3.63, 3.8) is 0 Å². The van der Waals surface area contributed by atoms with E-state index in [9.17, 15) is 0 Å². The van der Waals surface area contributed by atoms with Crippen LogP contribution in [0.3, 0.4) is 0 Å². The molecule has 0 saturated heterocycles. The fourth-order valence-corrected chi connectivity index (χ4v) is 10.8. The largest absolute Gasteiger partial charge is 0.208 e. The summed E-state index contributed by atoms with van der Waals surface area (Å²) in [7, 11) is 0. The number of rotatable bonds is 4. The van der Waals surface area contributed by atoms with Gasteiger partial charge in [0.25, 0.3) is 0 Å². The van der Waals surface area contributed by atoms with Crippen LogP contribution >= 0.6 is 11.3 Å². The second-order valence-corrected chi connectivity index (χ2v) is 17.0. The molecule has 0 aliphatic heterocycles. The highest BCUT2D eigenvalue weighted by Crippen LogP contribution is 2.52. The molecule has 0 atom stereocenters. The highest BCUT2D eigenvalue weighted by Gasteiger charge is 2.38. The molecule has 2 aromatic heterocycles. The van der Waals surface area contributed by atoms with E-state index in [1.807, 2.05) is 29.5 Å². The topological polar surface area (TPSA) is 38.7 Å². The maximum atomic E-state index is 5.39. The summed E-state index contributed by atoms with van der Waals surface area (Å²) in [6, 6.07) is 63.6. The van der Waals surface area contributed by atoms with Crippen molar-refractivity contribution in [1.29, 1.82) is 0 Å². The van der Waals surface area contributed by atoms with Crippen LogP contribution in [0.15, 0.2) is 176 Å². The van der Waals surface area contributed by atoms with Crippen molar-refractivity contribution in [2.75, 3.05) is 0 Å². The molecule has 272 valence electrons. The van der Waals surface area contributed by atoms with Gasteiger partial charge in [-0.05, 0) is 90.0 Å². The first kappa shape index (κ1) is 33.2. The summed E-state index contributed by atoms with van der Waals surface area (Å²) in [4.78, 5) is 15.9. The molecule has 1 aliphatic carbocycles. The lowest BCUT2D eigenvalue weighted by molar-refractivity contribution is 0.661. The van der Waals surface area contributed by atoms with Crippen molar-refractivity contribution in [3.8, 4) is 56.4 Å². The summed E-state index contributed by atoms with van der Waals surface area (Å²) < 4.78 is 2.45. The van der Waals surface area contributed by atoms with Crippen molar-refractivity contribution in [1.82, 2.24) is 15.0 Å². The molecule has 9 aromatic carbocycles. The van der Waals surface area contributed by atoms with E-state index >= 15 is 0 Å². The molecule has 11 aromatic rings. The van der Waals surface area contributed by atoms with Crippen molar-refractivity contribution in [2.45, 2.75) is 19.3 Å². The first-order valence-corrected chi connectivity index (χ1v) is 20.7. The summed E-state index contributed by atoms with van der Waals surface area (Å²) in [5.41, 5.74) is 10.3. The molecule has 0 unspecified atom stereocenters. The summed E-state index contributed by atoms with van der Waals surface area (Å²) in [6.07, 6.45) is 0. The Morgan fingerprint density at radius 1 is 0.362 bits per heavy atom. The second kappa shape index (κ2) is 12.5. The lowest BCUT2D eigenvalue weighted by atomic mass is 9.80. The minimum absolute atomic E-state index is 0.218. The maximum Gasteiger partial charge on any atom is 0.164 e. The van der Waals surface area contributed by atoms with E-state index in [0.717, 1.165) is 16.7 Å². The molecule has 4 heteroatoms. The number of aromatic nitrogens is 3. The van der Waals surface area contributed by atoms with E-state index < -0.39 is 0 Å². The van der Waals surface area contributed by atoms with Gasteiger partial charge in [0.05, 0.1) is 0 Å². The summed E-state index contributed by atoms with van der Waals surface area (Å²) in [5.74, 6) is 2.03. The molecule has 0 spiro atoms. The van der Waals surface area contributed by atoms with Crippen LogP contribution in [0.2, 0.25) is 0 Å². The molecule has 2 heterocycles. The summed E-state index contributed by atoms with van der Waals surface area (Å²) >= 11 is 1.82. The molecule has 0 bridgehead atoms. The van der Waals surface area contributed by atoms with Crippen molar-refractivity contribution in [3.05, 3.63) is 187 Å². The number of thiophene rings is 1. The smallest absolute Gasteiger partial charge is 0.164 e. The average molecular weight is 758 g/mol. The molecule has 58 heavy (non-hydrogen) atoms. The second-order valence-electron chi connectivity index (χ2n) is 15.9. The minimum atomic E-state index is -0.218. The third-order valence-corrected chi connectivity index (χ3v) is 13.4. The van der Waals surface area contributed by atoms with Crippen LogP contribution in [0.5, 0.6) is 0 Å². The van der Waals surface area contributed by atoms with E-state index in [-0.39, 0.29) is 5.41 Å². The predicted molar refractivity (Wildman–Crippen MR) is 245 cm³/mol. The van der Waals surface area contributed by atoms with Crippen LogP contribution in [0.4, 0.5) is 0 Å². The van der Waals surface area contributed by atoms with Gasteiger partial charge < -0.3 is 0 Å². The first-order chi connectivity index (χ1) is 28.5. The molecule has 0 N–H and O–H groups in total. The van der Waals surface area contributed by atoms with Gasteiger partial charge in [0, 0.05) is 42.3 Å². The summed E-state index contributed by atoms with van der Waals surface area (Å²) in [6.45, 7) is 4.63. The Morgan fingerprint density at radius 2 is 0.897 bits per heavy atom. The monoisotopic (exact) mass is 757 g/mol. The first-order valence-electron chi connectivity index (χ1n) is 19.9. The Labute approximate surface area is 340 Å². The van der Waals surface area contributed by atoms with Crippen molar-refractivity contribution < 1.29 is 0 Å². The van der Waals surface area contributed by atoms with E-state index in [1.165, 1.54) is 85.9 Å². The van der Waals surface area contributed by atoms with Gasteiger partial charge in [-0.3, -0.25) is 0 Å². The van der Waals surface area contributed by atoms with Crippen LogP contribution in [0.1, 0.15) is 25.0 Å². The molecule has 1 aliphatic rings. The Balaban J connectivity index is 1.07. The quantitative estimate of drug-likeness (QED) is 0.168. The van der Waals surface area contributed by atoms with E-state index in [0.29, 0.717) is 17.5 Å². The highest BCUT2D eigenvalue weighted by molar-refractivity contribution is 7.26. The number of fused-ring (bicyclic) bond motifs is 12. The van der Waals surface area contributed by atoms with Gasteiger partial charge in [0.2, 0.25) is 0 Å². The zero-order valence-electron chi connectivity index (χ0n) is 32.0. The molecule has 3 nitrogen and oxygen atoms in total. The molecule has 0 amide bonds.